The molecule has 11 N–H and O–H groups in total. The Morgan fingerprint density at radius 3 is 1.20 bits per heavy atom. The number of ether oxygens (including phenoxy) is 3. The average molecular weight is 2000 g/mol. The minimum Gasteiger partial charge on any atom is -0.870 e. The predicted octanol–water partition coefficient (Wildman–Crippen LogP) is 13.7. The summed E-state index contributed by atoms with van der Waals surface area (Å²) in [4.78, 5) is 112. The van der Waals surface area contributed by atoms with Gasteiger partial charge < -0.3 is 76.3 Å². The van der Waals surface area contributed by atoms with Gasteiger partial charge >= 0.3 is 94.4 Å². The van der Waals surface area contributed by atoms with Crippen LogP contribution in [0.1, 0.15) is 132 Å². The number of rotatable bonds is 18. The third kappa shape index (κ3) is 46.6. The fraction of sp³-hybridized carbons (Fsp3) is 0.200. The van der Waals surface area contributed by atoms with Crippen LogP contribution in [0.3, 0.4) is 0 Å². The number of allylic oxidation sites excluding steroid dienone is 3. The number of aromatic amines is 4. The molecule has 0 bridgehead atoms. The molecule has 0 atom stereocenters. The molecule has 128 heavy (non-hydrogen) atoms. The van der Waals surface area contributed by atoms with Gasteiger partial charge in [-0.2, -0.15) is 0 Å². The number of nitrogens with zero attached hydrogens (tertiary/aromatic N) is 4. The Hall–Kier alpha value is -8.88. The maximum atomic E-state index is 13.0. The fourth-order valence-corrected chi connectivity index (χ4v) is 12.6. The number of nitrogen functional groups attached to an aromatic ring is 1. The third-order valence-corrected chi connectivity index (χ3v) is 18.9. The molecule has 14 rings (SSSR count). The summed E-state index contributed by atoms with van der Waals surface area (Å²) in [5.41, 5.74) is 22.2. The Balaban J connectivity index is 0. The number of carboxylic acid groups (broad SMARTS) is 2. The fourth-order valence-electron chi connectivity index (χ4n) is 9.82. The zero-order valence-electron chi connectivity index (χ0n) is 67.3. The first-order chi connectivity index (χ1) is 58.2. The second-order valence-corrected chi connectivity index (χ2v) is 35.1. The van der Waals surface area contributed by atoms with Gasteiger partial charge in [-0.15, -0.1) is 57.2 Å². The number of hydrogen-bond donors (Lipinski definition) is 8. The van der Waals surface area contributed by atoms with Gasteiger partial charge in [-0.1, -0.05) is 76.9 Å². The van der Waals surface area contributed by atoms with Crippen molar-refractivity contribution in [3.63, 3.8) is 0 Å². The van der Waals surface area contributed by atoms with Crippen molar-refractivity contribution in [3.8, 4) is 33.8 Å². The van der Waals surface area contributed by atoms with Crippen LogP contribution < -0.4 is 81.0 Å². The Labute approximate surface area is 830 Å². The molecule has 0 radical (unpaired) electrons. The van der Waals surface area contributed by atoms with E-state index in [0.29, 0.717) is 54.0 Å². The molecule has 5 aromatic carbocycles. The van der Waals surface area contributed by atoms with Crippen molar-refractivity contribution in [3.05, 3.63) is 299 Å². The quantitative estimate of drug-likeness (QED) is 0.00455. The number of methoxy groups -OCH3 is 3. The number of H-pyrrole nitrogens is 4. The van der Waals surface area contributed by atoms with E-state index in [0.717, 1.165) is 104 Å². The normalized spacial score (nSPS) is 10.5. The number of halogens is 11. The number of aliphatic carboxylic acids is 1. The van der Waals surface area contributed by atoms with E-state index < -0.39 is 40.5 Å². The van der Waals surface area contributed by atoms with Crippen molar-refractivity contribution < 1.29 is 149 Å². The molecular formula is C85H89AlCl6F5N11Na2O14S4. The van der Waals surface area contributed by atoms with Crippen molar-refractivity contribution >= 4 is 186 Å². The summed E-state index contributed by atoms with van der Waals surface area (Å²) in [6, 6.07) is 37.2. The maximum absolute atomic E-state index is 13.0. The molecule has 1 aliphatic heterocycles. The Morgan fingerprint density at radius 1 is 0.555 bits per heavy atom. The maximum Gasteiger partial charge on any atom is 1.00 e. The molecule has 7 aromatic heterocycles. The number of thiazole rings is 3. The van der Waals surface area contributed by atoms with Crippen molar-refractivity contribution in [1.29, 1.82) is 0 Å². The molecule has 1 saturated heterocycles. The summed E-state index contributed by atoms with van der Waals surface area (Å²) >= 11 is 22.3. The molecule has 25 nitrogen and oxygen atoms in total. The number of thiocarbonyl (C=S) groups is 1. The van der Waals surface area contributed by atoms with Crippen LogP contribution in [0.2, 0.25) is 0 Å². The van der Waals surface area contributed by atoms with Gasteiger partial charge in [0, 0.05) is 118 Å². The number of carbonyl (C=O) groups is 8. The number of hydrogen-bond acceptors (Lipinski definition) is 21. The third-order valence-electron chi connectivity index (χ3n) is 15.5. The van der Waals surface area contributed by atoms with Crippen molar-refractivity contribution in [2.75, 3.05) is 57.2 Å². The van der Waals surface area contributed by atoms with Crippen LogP contribution in [0, 0.1) is 29.1 Å². The molecule has 674 valence electrons. The number of Topliss-reactive ketones (excluding diaryl/α,β-unsaturated/α-hetero) is 1. The number of nitrogens with one attached hydrogen (secondary N) is 5. The van der Waals surface area contributed by atoms with Gasteiger partial charge in [0.2, 0.25) is 5.24 Å². The summed E-state index contributed by atoms with van der Waals surface area (Å²) in [5.74, 6) is -4.84. The van der Waals surface area contributed by atoms with Gasteiger partial charge in [0.15, 0.2) is 10.9 Å². The molecule has 12 aromatic rings. The van der Waals surface area contributed by atoms with Crippen LogP contribution in [0.5, 0.6) is 0 Å². The van der Waals surface area contributed by atoms with E-state index in [9.17, 15) is 55.5 Å². The van der Waals surface area contributed by atoms with E-state index in [1.165, 1.54) is 129 Å². The van der Waals surface area contributed by atoms with Gasteiger partial charge in [0.05, 0.1) is 65.2 Å². The standard InChI is InChI=1S/C19H18FN3OS.C16H13FN2O2S.C15H11FN2O2S.C8H8ClNO3.C7H7FN2S.C7H8O2.C6H6FN.C2H2Cl2O.C2H4O2.3CH4.Al.3ClH.2Na.H2O/c20-15-5-3-13(4-6-15)9-18-22-17(12-25-18)14-10-16(21-11-14)19(24)23-7-1-2-8-23;1-21-16(20)13-7-11(8-18-13)14-9-22-15(19-14)6-10-2-4-12(17)5-3-10;16-11-3-1-9(2-4-11)5-14-18-13(8-21-14)10-6-12(15(19)20)17-7-10;1-13-8(12)6-2-5(4-10-6)7(11)3-9;8-5-1-3-6(4-2-5)10-7(9)11;1-9-7(8)6-4-2-3-5-6;7-5-1-3-6(8)4-2-5;3-1-2(4)5;1-2(3)4;;;;;;;;;;/h3-6,10-12,21H,1-2,7-9H2;2-5,7-9,18H,6H2,1H3;1-4,6-8,17H,5H2,(H,19,20);2,4,10H,3H2,1H3;1-4H,(H3,9,10,11);2-4H,5H2,1H3;1-4H,8H2;1H2;1H3,(H,3,4);3*1H4;;3*1H;;;1H2/q;;;;;;;;;;;;+3;;;;2*+1;/p-5. The number of carbonyl (C=O) groups excluding carboxylic acids is 7. The molecule has 8 heterocycles. The smallest absolute Gasteiger partial charge is 0.870 e. The Kier molecular flexibility index (Phi) is 62.1. The van der Waals surface area contributed by atoms with Crippen LogP contribution in [0.15, 0.2) is 210 Å². The molecule has 0 unspecified atom stereocenters. The van der Waals surface area contributed by atoms with E-state index >= 15 is 0 Å². The molecular weight excluding hydrogens is 1910 g/mol. The minimum absolute atomic E-state index is 0. The first-order valence-electron chi connectivity index (χ1n) is 35.4. The zero-order valence-corrected chi connectivity index (χ0v) is 80.3. The van der Waals surface area contributed by atoms with Crippen LogP contribution in [-0.2, 0) is 47.9 Å². The number of ketones is 1. The topological polar surface area (TPSA) is 407 Å². The number of amides is 1. The summed E-state index contributed by atoms with van der Waals surface area (Å²) in [7, 11) is 18.8. The first kappa shape index (κ1) is 121. The summed E-state index contributed by atoms with van der Waals surface area (Å²) in [5, 5.41) is 28.7. The van der Waals surface area contributed by atoms with E-state index in [2.05, 4.69) is 66.6 Å². The summed E-state index contributed by atoms with van der Waals surface area (Å²) in [6.07, 6.45) is 17.0. The Morgan fingerprint density at radius 2 is 0.883 bits per heavy atom. The molecule has 2 aliphatic rings. The minimum atomic E-state index is -1.72. The van der Waals surface area contributed by atoms with Gasteiger partial charge in [0.1, 0.15) is 51.9 Å². The second-order valence-electron chi connectivity index (χ2n) is 24.4. The van der Waals surface area contributed by atoms with E-state index in [1.807, 2.05) is 45.5 Å². The van der Waals surface area contributed by atoms with Crippen LogP contribution in [0.4, 0.5) is 33.3 Å². The number of anilines is 2. The van der Waals surface area contributed by atoms with Gasteiger partial charge in [-0.3, -0.25) is 14.4 Å². The molecule has 1 fully saturated rings. The van der Waals surface area contributed by atoms with Crippen molar-refractivity contribution in [2.24, 2.45) is 5.73 Å². The van der Waals surface area contributed by atoms with Gasteiger partial charge in [-0.05, 0) is 176 Å². The van der Waals surface area contributed by atoms with E-state index in [-0.39, 0.29) is 162 Å². The molecule has 1 aliphatic carbocycles. The number of esters is 3. The monoisotopic (exact) mass is 1990 g/mol. The number of likely N-dealkylation sites (tertiary alicyclic amines) is 1. The zero-order chi connectivity index (χ0) is 89.8. The molecule has 43 heteroatoms. The summed E-state index contributed by atoms with van der Waals surface area (Å²) in [6.45, 7) is 2.65. The number of carboxylic acids is 2. The van der Waals surface area contributed by atoms with Crippen LogP contribution in [-0.4, -0.2) is 160 Å². The van der Waals surface area contributed by atoms with Crippen LogP contribution >= 0.6 is 111 Å². The SMILES string of the molecule is C.C.C.CC(=O)[O-].COC(=O)C1=CC=CC1.COC(=O)c1cc(-c2csc(Cc3ccc(F)cc3)n2)c[nH]1.COC(=O)c1cc(C(=O)CCl)c[nH]1.NC(=S)Nc1ccc(F)cc1.Nc1ccc(F)cc1.O=C(Cl)CCl.O=C(O)c1cc(-c2csc(Cc3ccc(F)cc3)n2)c[nH]1.O=C(c1cc(-c2csc(Cc3ccc(F)cc3)n2)c[nH]1)N1CCCC1.[Cl][Al]([Cl])[Cl].[Na+].[Na+].[OH-]. The molecule has 0 saturated carbocycles. The Bertz CT molecular complexity index is 5360. The van der Waals surface area contributed by atoms with Crippen molar-refractivity contribution in [2.45, 2.75) is 67.7 Å². The number of nitrogens with two attached hydrogens (primary N) is 2. The van der Waals surface area contributed by atoms with Gasteiger partial charge in [-0.25, -0.2) is 86.2 Å². The number of aromatic nitrogens is 7. The average Bonchev–Trinajstić information content (AvgIpc) is 1.68. The number of benzene rings is 5. The molecule has 0 spiro atoms. The van der Waals surface area contributed by atoms with Gasteiger partial charge in [0.25, 0.3) is 5.91 Å². The number of aromatic carboxylic acids is 1. The molecule has 1 amide bonds. The van der Waals surface area contributed by atoms with Crippen molar-refractivity contribution in [1.82, 2.24) is 39.8 Å². The first-order valence-corrected chi connectivity index (χ1v) is 45.1. The number of alkyl halides is 2. The second kappa shape index (κ2) is 65.6. The van der Waals surface area contributed by atoms with E-state index in [4.69, 9.17) is 91.4 Å². The predicted molar refractivity (Wildman–Crippen MR) is 493 cm³/mol. The largest absolute Gasteiger partial charge is 1.00 e. The van der Waals surface area contributed by atoms with Crippen LogP contribution in [0.25, 0.3) is 33.8 Å². The summed E-state index contributed by atoms with van der Waals surface area (Å²) < 4.78 is 76.7. The van der Waals surface area contributed by atoms with E-state index in [1.54, 1.807) is 90.5 Å².